The number of aromatic nitrogens is 2. The minimum atomic E-state index is 0.282. The molecule has 3 heteroatoms. The van der Waals surface area contributed by atoms with Gasteiger partial charge in [0.15, 0.2) is 0 Å². The van der Waals surface area contributed by atoms with E-state index in [1.165, 1.54) is 46.9 Å². The third kappa shape index (κ3) is 2.17. The van der Waals surface area contributed by atoms with Crippen molar-refractivity contribution in [2.75, 3.05) is 0 Å². The monoisotopic (exact) mass is 389 g/mol. The van der Waals surface area contributed by atoms with Crippen LogP contribution in [0.4, 0.5) is 0 Å². The number of fused-ring (bicyclic) bond motifs is 5. The van der Waals surface area contributed by atoms with E-state index in [2.05, 4.69) is 78.3 Å². The van der Waals surface area contributed by atoms with Crippen molar-refractivity contribution < 1.29 is 4.57 Å². The maximum atomic E-state index is 4.37. The van der Waals surface area contributed by atoms with Crippen molar-refractivity contribution in [3.63, 3.8) is 0 Å². The number of hydrogen-bond acceptors (Lipinski definition) is 1. The van der Waals surface area contributed by atoms with Gasteiger partial charge in [0.1, 0.15) is 0 Å². The first-order valence-electron chi connectivity index (χ1n) is 8.37. The molecule has 0 aliphatic rings. The molecule has 5 aromatic rings. The summed E-state index contributed by atoms with van der Waals surface area (Å²) in [4.78, 5) is 4.37. The van der Waals surface area contributed by atoms with Gasteiger partial charge in [0.25, 0.3) is 0 Å². The Kier molecular flexibility index (Phi) is 3.27. The summed E-state index contributed by atoms with van der Waals surface area (Å²) in [5, 5.41) is 5.35. The Labute approximate surface area is 152 Å². The summed E-state index contributed by atoms with van der Waals surface area (Å²) in [6.45, 7) is 2.20. The molecule has 0 bridgehead atoms. The van der Waals surface area contributed by atoms with Gasteiger partial charge in [-0.05, 0) is 0 Å². The Morgan fingerprint density at radius 3 is 2.60 bits per heavy atom. The molecule has 3 heterocycles. The fourth-order valence-corrected chi connectivity index (χ4v) is 6.61. The van der Waals surface area contributed by atoms with Gasteiger partial charge in [-0.3, -0.25) is 0 Å². The third-order valence-electron chi connectivity index (χ3n) is 4.95. The zero-order chi connectivity index (χ0) is 17.0. The number of nitrogens with zero attached hydrogens (tertiary/aromatic N) is 2. The van der Waals surface area contributed by atoms with Crippen LogP contribution in [0.3, 0.4) is 0 Å². The second kappa shape index (κ2) is 5.52. The van der Waals surface area contributed by atoms with Gasteiger partial charge < -0.3 is 0 Å². The summed E-state index contributed by atoms with van der Waals surface area (Å²) in [5.41, 5.74) is 4.01. The molecule has 5 rings (SSSR count). The molecule has 0 fully saturated rings. The van der Waals surface area contributed by atoms with Crippen molar-refractivity contribution in [1.29, 1.82) is 0 Å². The molecule has 0 spiro atoms. The van der Waals surface area contributed by atoms with Crippen molar-refractivity contribution in [2.24, 2.45) is 7.05 Å². The molecule has 25 heavy (non-hydrogen) atoms. The van der Waals surface area contributed by atoms with Crippen molar-refractivity contribution in [2.45, 2.75) is 6.92 Å². The molecule has 3 aromatic heterocycles. The maximum absolute atomic E-state index is 4.37. The Bertz CT molecular complexity index is 1270. The molecule has 0 saturated carbocycles. The van der Waals surface area contributed by atoms with E-state index < -0.39 is 0 Å². The quantitative estimate of drug-likeness (QED) is 0.307. The van der Waals surface area contributed by atoms with E-state index in [-0.39, 0.29) is 14.5 Å². The van der Waals surface area contributed by atoms with Crippen LogP contribution in [0, 0.1) is 6.92 Å². The zero-order valence-electron chi connectivity index (χ0n) is 14.2. The van der Waals surface area contributed by atoms with Crippen LogP contribution >= 0.6 is 0 Å². The van der Waals surface area contributed by atoms with E-state index in [0.29, 0.717) is 0 Å². The topological polar surface area (TPSA) is 16.8 Å². The second-order valence-electron chi connectivity index (χ2n) is 6.47. The van der Waals surface area contributed by atoms with Gasteiger partial charge in [0, 0.05) is 0 Å². The van der Waals surface area contributed by atoms with Crippen molar-refractivity contribution in [1.82, 2.24) is 4.98 Å². The second-order valence-corrected chi connectivity index (χ2v) is 8.62. The van der Waals surface area contributed by atoms with E-state index >= 15 is 0 Å². The summed E-state index contributed by atoms with van der Waals surface area (Å²) in [5.74, 6) is 0. The normalized spacial score (nSPS) is 11.6. The standard InChI is InChI=1S/C22H17N2Se/c1-14-5-3-4-6-16(14)20-22-18(10-12-24(20)2)17-8-7-15-9-11-23-13-19(15)21(17)25-22/h3-13H,1-2H3/q+1. The van der Waals surface area contributed by atoms with Crippen LogP contribution < -0.4 is 4.57 Å². The Morgan fingerprint density at radius 1 is 0.880 bits per heavy atom. The molecule has 0 amide bonds. The van der Waals surface area contributed by atoms with Gasteiger partial charge in [0.05, 0.1) is 0 Å². The average Bonchev–Trinajstić information content (AvgIpc) is 3.01. The first-order chi connectivity index (χ1) is 12.2. The van der Waals surface area contributed by atoms with E-state index in [9.17, 15) is 0 Å². The van der Waals surface area contributed by atoms with Gasteiger partial charge >= 0.3 is 152 Å². The van der Waals surface area contributed by atoms with Crippen molar-refractivity contribution in [3.05, 3.63) is 72.7 Å². The Morgan fingerprint density at radius 2 is 1.72 bits per heavy atom. The zero-order valence-corrected chi connectivity index (χ0v) is 15.9. The molecular weight excluding hydrogens is 371 g/mol. The molecule has 0 N–H and O–H groups in total. The van der Waals surface area contributed by atoms with E-state index in [4.69, 9.17) is 0 Å². The molecule has 0 atom stereocenters. The molecule has 2 nitrogen and oxygen atoms in total. The van der Waals surface area contributed by atoms with E-state index in [0.717, 1.165) is 0 Å². The molecule has 0 saturated heterocycles. The van der Waals surface area contributed by atoms with Crippen LogP contribution in [-0.4, -0.2) is 19.5 Å². The van der Waals surface area contributed by atoms with Crippen molar-refractivity contribution in [3.8, 4) is 11.3 Å². The van der Waals surface area contributed by atoms with Crippen LogP contribution in [0.1, 0.15) is 5.56 Å². The summed E-state index contributed by atoms with van der Waals surface area (Å²) >= 11 is 0.282. The van der Waals surface area contributed by atoms with Gasteiger partial charge in [-0.2, -0.15) is 0 Å². The fraction of sp³-hybridized carbons (Fsp3) is 0.0909. The summed E-state index contributed by atoms with van der Waals surface area (Å²) in [7, 11) is 2.15. The van der Waals surface area contributed by atoms with Gasteiger partial charge in [-0.25, -0.2) is 0 Å². The van der Waals surface area contributed by atoms with E-state index in [1.807, 2.05) is 12.4 Å². The molecule has 0 radical (unpaired) electrons. The number of benzene rings is 2. The Hall–Kier alpha value is -2.48. The average molecular weight is 388 g/mol. The van der Waals surface area contributed by atoms with Crippen LogP contribution in [0.2, 0.25) is 0 Å². The first-order valence-corrected chi connectivity index (χ1v) is 10.1. The number of aryl methyl sites for hydroxylation is 2. The number of pyridine rings is 2. The molecule has 0 unspecified atom stereocenters. The minimum absolute atomic E-state index is 0.282. The van der Waals surface area contributed by atoms with Gasteiger partial charge in [-0.1, -0.05) is 0 Å². The third-order valence-corrected chi connectivity index (χ3v) is 7.59. The fourth-order valence-electron chi connectivity index (χ4n) is 3.65. The molecule has 120 valence electrons. The van der Waals surface area contributed by atoms with Gasteiger partial charge in [0.2, 0.25) is 0 Å². The molecule has 0 aliphatic heterocycles. The Balaban J connectivity index is 1.98. The van der Waals surface area contributed by atoms with E-state index in [1.54, 1.807) is 0 Å². The van der Waals surface area contributed by atoms with Crippen LogP contribution in [-0.2, 0) is 7.05 Å². The van der Waals surface area contributed by atoms with Crippen LogP contribution in [0.15, 0.2) is 67.1 Å². The predicted octanol–water partition coefficient (Wildman–Crippen LogP) is 4.40. The van der Waals surface area contributed by atoms with Crippen LogP contribution in [0.5, 0.6) is 0 Å². The number of hydrogen-bond donors (Lipinski definition) is 0. The first kappa shape index (κ1) is 14.8. The van der Waals surface area contributed by atoms with Crippen molar-refractivity contribution >= 4 is 44.6 Å². The summed E-state index contributed by atoms with van der Waals surface area (Å²) in [6, 6.07) is 17.6. The van der Waals surface area contributed by atoms with Crippen LogP contribution in [0.25, 0.3) is 41.3 Å². The summed E-state index contributed by atoms with van der Waals surface area (Å²) < 4.78 is 5.22. The molecular formula is C22H17N2Se+. The predicted molar refractivity (Wildman–Crippen MR) is 105 cm³/mol. The molecule has 0 aliphatic carbocycles. The summed E-state index contributed by atoms with van der Waals surface area (Å²) in [6.07, 6.45) is 6.09. The van der Waals surface area contributed by atoms with Gasteiger partial charge in [-0.15, -0.1) is 0 Å². The number of rotatable bonds is 1. The SMILES string of the molecule is Cc1ccccc1-c1c2[se]c3c4cnccc4ccc3c2cc[n+]1C. The molecule has 2 aromatic carbocycles.